The molecule has 98 valence electrons. The van der Waals surface area contributed by atoms with Crippen LogP contribution in [0.5, 0.6) is 0 Å². The molecule has 1 aromatic heterocycles. The van der Waals surface area contributed by atoms with Gasteiger partial charge in [0.2, 0.25) is 5.91 Å². The van der Waals surface area contributed by atoms with Gasteiger partial charge in [0.05, 0.1) is 18.6 Å². The first-order valence-electron chi connectivity index (χ1n) is 5.66. The highest BCUT2D eigenvalue weighted by Gasteiger charge is 2.15. The molecule has 0 atom stereocenters. The van der Waals surface area contributed by atoms with Crippen LogP contribution in [0.15, 0.2) is 11.4 Å². The van der Waals surface area contributed by atoms with Gasteiger partial charge in [-0.25, -0.2) is 4.98 Å². The molecule has 0 bridgehead atoms. The van der Waals surface area contributed by atoms with Gasteiger partial charge in [-0.15, -0.1) is 0 Å². The summed E-state index contributed by atoms with van der Waals surface area (Å²) in [5, 5.41) is 6.37. The van der Waals surface area contributed by atoms with Crippen molar-refractivity contribution in [2.75, 3.05) is 0 Å². The van der Waals surface area contributed by atoms with Crippen LogP contribution >= 0.6 is 0 Å². The molecule has 0 aliphatic heterocycles. The first-order chi connectivity index (χ1) is 8.33. The lowest BCUT2D eigenvalue weighted by Crippen LogP contribution is -2.42. The molecule has 1 N–H and O–H groups in total. The van der Waals surface area contributed by atoms with E-state index in [0.29, 0.717) is 0 Å². The minimum Gasteiger partial charge on any atom is -0.350 e. The van der Waals surface area contributed by atoms with Gasteiger partial charge in [-0.3, -0.25) is 4.79 Å². The third-order valence-electron chi connectivity index (χ3n) is 2.27. The Kier molecular flexibility index (Phi) is 4.33. The predicted molar refractivity (Wildman–Crippen MR) is 67.7 cm³/mol. The number of hydrogen-bond donors (Lipinski definition) is 1. The molecule has 0 aromatic carbocycles. The number of carbonyl (C=O) groups excluding carboxylic acids is 1. The zero-order chi connectivity index (χ0) is 13.8. The lowest BCUT2D eigenvalue weighted by Gasteiger charge is -2.20. The van der Waals surface area contributed by atoms with Crippen LogP contribution < -0.4 is 5.32 Å². The number of rotatable bonds is 4. The molecule has 0 aliphatic carbocycles. The molecule has 0 spiro atoms. The van der Waals surface area contributed by atoms with E-state index in [0.717, 1.165) is 11.4 Å². The van der Waals surface area contributed by atoms with E-state index in [2.05, 4.69) is 20.3 Å². The third kappa shape index (κ3) is 4.10. The van der Waals surface area contributed by atoms with E-state index in [9.17, 15) is 4.79 Å². The lowest BCUT2D eigenvalue weighted by molar-refractivity contribution is -0.123. The summed E-state index contributed by atoms with van der Waals surface area (Å²) in [5.74, 6) is -0.0953. The van der Waals surface area contributed by atoms with Gasteiger partial charge in [-0.2, -0.15) is 0 Å². The Morgan fingerprint density at radius 2 is 2.28 bits per heavy atom. The van der Waals surface area contributed by atoms with Crippen LogP contribution in [0.3, 0.4) is 0 Å². The highest BCUT2D eigenvalue weighted by Crippen LogP contribution is 2.08. The first kappa shape index (κ1) is 14.1. The maximum Gasteiger partial charge on any atom is 0.240 e. The molecule has 0 radical (unpaired) electrons. The molecule has 1 amide bonds. The summed E-state index contributed by atoms with van der Waals surface area (Å²) < 4.78 is 1.70. The summed E-state index contributed by atoms with van der Waals surface area (Å²) in [5.41, 5.74) is 9.60. The molecule has 18 heavy (non-hydrogen) atoms. The Bertz CT molecular complexity index is 478. The second-order valence-electron chi connectivity index (χ2n) is 5.09. The molecule has 0 unspecified atom stereocenters. The van der Waals surface area contributed by atoms with Crippen molar-refractivity contribution in [2.45, 2.75) is 46.3 Å². The lowest BCUT2D eigenvalue weighted by atomic mass is 10.1. The fourth-order valence-corrected chi connectivity index (χ4v) is 1.56. The maximum atomic E-state index is 11.8. The fourth-order valence-electron chi connectivity index (χ4n) is 1.56. The predicted octanol–water partition coefficient (Wildman–Crippen LogP) is 1.92. The molecule has 7 nitrogen and oxygen atoms in total. The van der Waals surface area contributed by atoms with Crippen LogP contribution in [-0.4, -0.2) is 21.0 Å². The summed E-state index contributed by atoms with van der Waals surface area (Å²) in [4.78, 5) is 18.6. The Balaban J connectivity index is 2.78. The van der Waals surface area contributed by atoms with Gasteiger partial charge in [-0.05, 0) is 33.2 Å². The van der Waals surface area contributed by atoms with Crippen LogP contribution in [-0.2, 0) is 17.9 Å². The van der Waals surface area contributed by atoms with E-state index >= 15 is 0 Å². The Morgan fingerprint density at radius 1 is 1.61 bits per heavy atom. The molecule has 0 fully saturated rings. The van der Waals surface area contributed by atoms with E-state index in [-0.39, 0.29) is 24.5 Å². The summed E-state index contributed by atoms with van der Waals surface area (Å²) in [7, 11) is 0. The van der Waals surface area contributed by atoms with Crippen LogP contribution in [0.2, 0.25) is 0 Å². The molecule has 1 heterocycles. The average Bonchev–Trinajstić information content (AvgIpc) is 2.54. The number of aryl methyl sites for hydroxylation is 1. The largest absolute Gasteiger partial charge is 0.350 e. The molecular weight excluding hydrogens is 232 g/mol. The van der Waals surface area contributed by atoms with Crippen molar-refractivity contribution in [1.82, 2.24) is 14.9 Å². The van der Waals surface area contributed by atoms with Gasteiger partial charge < -0.3 is 9.88 Å². The molecule has 1 aromatic rings. The molecule has 1 rings (SSSR count). The smallest absolute Gasteiger partial charge is 0.240 e. The van der Waals surface area contributed by atoms with E-state index in [1.54, 1.807) is 10.9 Å². The van der Waals surface area contributed by atoms with Crippen LogP contribution in [0, 0.1) is 6.92 Å². The molecular formula is C11H18N6O. The van der Waals surface area contributed by atoms with Crippen molar-refractivity contribution >= 4 is 5.91 Å². The number of imidazole rings is 1. The monoisotopic (exact) mass is 250 g/mol. The maximum absolute atomic E-state index is 11.8. The zero-order valence-corrected chi connectivity index (χ0v) is 11.1. The number of nitrogens with one attached hydrogen (secondary N) is 1. The zero-order valence-electron chi connectivity index (χ0n) is 11.1. The summed E-state index contributed by atoms with van der Waals surface area (Å²) in [6.07, 6.45) is 1.58. The highest BCUT2D eigenvalue weighted by atomic mass is 16.2. The third-order valence-corrected chi connectivity index (χ3v) is 2.27. The van der Waals surface area contributed by atoms with Gasteiger partial charge in [0.15, 0.2) is 0 Å². The molecule has 0 saturated carbocycles. The SMILES string of the molecule is Cc1ncn(CC(=O)NC(C)(C)C)c1CN=[N+]=[N-]. The Labute approximate surface area is 106 Å². The van der Waals surface area contributed by atoms with E-state index in [1.165, 1.54) is 0 Å². The molecule has 0 aliphatic rings. The number of aromatic nitrogens is 2. The van der Waals surface area contributed by atoms with E-state index in [4.69, 9.17) is 5.53 Å². The summed E-state index contributed by atoms with van der Waals surface area (Å²) in [6, 6.07) is 0. The van der Waals surface area contributed by atoms with Gasteiger partial charge in [0.1, 0.15) is 6.54 Å². The van der Waals surface area contributed by atoms with Crippen molar-refractivity contribution in [3.8, 4) is 0 Å². The average molecular weight is 250 g/mol. The minimum atomic E-state index is -0.266. The summed E-state index contributed by atoms with van der Waals surface area (Å²) >= 11 is 0. The van der Waals surface area contributed by atoms with Crippen molar-refractivity contribution < 1.29 is 4.79 Å². The topological polar surface area (TPSA) is 95.7 Å². The Morgan fingerprint density at radius 3 is 2.83 bits per heavy atom. The summed E-state index contributed by atoms with van der Waals surface area (Å²) in [6.45, 7) is 7.96. The van der Waals surface area contributed by atoms with Gasteiger partial charge in [0.25, 0.3) is 0 Å². The first-order valence-corrected chi connectivity index (χ1v) is 5.66. The molecule has 0 saturated heterocycles. The minimum absolute atomic E-state index is 0.0953. The second-order valence-corrected chi connectivity index (χ2v) is 5.09. The van der Waals surface area contributed by atoms with Crippen molar-refractivity contribution in [2.24, 2.45) is 5.11 Å². The van der Waals surface area contributed by atoms with Crippen molar-refractivity contribution in [3.63, 3.8) is 0 Å². The number of nitrogens with zero attached hydrogens (tertiary/aromatic N) is 5. The number of azide groups is 1. The van der Waals surface area contributed by atoms with Crippen molar-refractivity contribution in [1.29, 1.82) is 0 Å². The van der Waals surface area contributed by atoms with Gasteiger partial charge >= 0.3 is 0 Å². The fraction of sp³-hybridized carbons (Fsp3) is 0.636. The van der Waals surface area contributed by atoms with Gasteiger partial charge in [0, 0.05) is 16.1 Å². The second kappa shape index (κ2) is 5.55. The molecule has 7 heteroatoms. The van der Waals surface area contributed by atoms with E-state index in [1.807, 2.05) is 27.7 Å². The van der Waals surface area contributed by atoms with Crippen molar-refractivity contribution in [3.05, 3.63) is 28.2 Å². The quantitative estimate of drug-likeness (QED) is 0.502. The van der Waals surface area contributed by atoms with E-state index < -0.39 is 0 Å². The Hall–Kier alpha value is -2.01. The normalized spacial score (nSPS) is 10.9. The van der Waals surface area contributed by atoms with Crippen LogP contribution in [0.25, 0.3) is 10.4 Å². The van der Waals surface area contributed by atoms with Gasteiger partial charge in [-0.1, -0.05) is 5.11 Å². The van der Waals surface area contributed by atoms with Crippen LogP contribution in [0.4, 0.5) is 0 Å². The van der Waals surface area contributed by atoms with Crippen LogP contribution in [0.1, 0.15) is 32.2 Å². The highest BCUT2D eigenvalue weighted by molar-refractivity contribution is 5.76. The number of amides is 1. The standard InChI is InChI=1S/C11H18N6O/c1-8-9(5-14-16-12)17(7-13-8)6-10(18)15-11(2,3)4/h7H,5-6H2,1-4H3,(H,15,18). The number of hydrogen-bond acceptors (Lipinski definition) is 3. The number of carbonyl (C=O) groups is 1.